The van der Waals surface area contributed by atoms with Gasteiger partial charge in [-0.05, 0) is 12.1 Å². The third-order valence-corrected chi connectivity index (χ3v) is 2.34. The van der Waals surface area contributed by atoms with Gasteiger partial charge >= 0.3 is 5.69 Å². The summed E-state index contributed by atoms with van der Waals surface area (Å²) < 4.78 is 6.43. The highest BCUT2D eigenvalue weighted by molar-refractivity contribution is 5.21. The van der Waals surface area contributed by atoms with Crippen LogP contribution in [0.25, 0.3) is 0 Å². The minimum atomic E-state index is -0.441. The molecule has 0 aliphatic carbocycles. The van der Waals surface area contributed by atoms with Crippen LogP contribution in [0.5, 0.6) is 5.75 Å². The summed E-state index contributed by atoms with van der Waals surface area (Å²) in [4.78, 5) is 25.3. The predicted molar refractivity (Wildman–Crippen MR) is 63.1 cm³/mol. The first-order valence-electron chi connectivity index (χ1n) is 5.14. The van der Waals surface area contributed by atoms with Crippen molar-refractivity contribution >= 4 is 0 Å². The van der Waals surface area contributed by atoms with Crippen LogP contribution >= 0.6 is 0 Å². The van der Waals surface area contributed by atoms with Gasteiger partial charge in [0.1, 0.15) is 12.4 Å². The van der Waals surface area contributed by atoms with Crippen LogP contribution in [0.2, 0.25) is 0 Å². The summed E-state index contributed by atoms with van der Waals surface area (Å²) >= 11 is 0. The van der Waals surface area contributed by atoms with Gasteiger partial charge in [0.2, 0.25) is 0 Å². The number of benzene rings is 1. The normalized spacial score (nSPS) is 10.2. The lowest BCUT2D eigenvalue weighted by molar-refractivity contribution is 0.300. The lowest BCUT2D eigenvalue weighted by Gasteiger charge is -2.05. The lowest BCUT2D eigenvalue weighted by atomic mass is 10.3. The number of nitrogens with one attached hydrogen (secondary N) is 1. The molecule has 1 aromatic heterocycles. The third-order valence-electron chi connectivity index (χ3n) is 2.34. The van der Waals surface area contributed by atoms with Crippen LogP contribution in [-0.4, -0.2) is 9.55 Å². The van der Waals surface area contributed by atoms with Crippen molar-refractivity contribution < 1.29 is 4.74 Å². The van der Waals surface area contributed by atoms with Crippen molar-refractivity contribution in [3.8, 4) is 5.75 Å². The Morgan fingerprint density at radius 1 is 1.24 bits per heavy atom. The molecule has 0 bridgehead atoms. The van der Waals surface area contributed by atoms with Crippen molar-refractivity contribution in [3.05, 3.63) is 62.9 Å². The second kappa shape index (κ2) is 4.69. The highest BCUT2D eigenvalue weighted by Crippen LogP contribution is 2.09. The van der Waals surface area contributed by atoms with E-state index in [1.54, 1.807) is 12.1 Å². The average molecular weight is 232 g/mol. The topological polar surface area (TPSA) is 64.1 Å². The van der Waals surface area contributed by atoms with E-state index in [9.17, 15) is 9.59 Å². The van der Waals surface area contributed by atoms with Gasteiger partial charge in [-0.3, -0.25) is 9.36 Å². The summed E-state index contributed by atoms with van der Waals surface area (Å²) in [5.41, 5.74) is -0.327. The zero-order valence-electron chi connectivity index (χ0n) is 9.34. The monoisotopic (exact) mass is 232 g/mol. The fourth-order valence-electron chi connectivity index (χ4n) is 1.36. The fraction of sp³-hybridized carbons (Fsp3) is 0.167. The van der Waals surface area contributed by atoms with Crippen molar-refractivity contribution in [2.75, 3.05) is 0 Å². The molecular weight excluding hydrogens is 220 g/mol. The minimum Gasteiger partial charge on any atom is -0.487 e. The summed E-state index contributed by atoms with van der Waals surface area (Å²) in [5, 5.41) is 0. The molecule has 0 atom stereocenters. The van der Waals surface area contributed by atoms with Crippen LogP contribution in [0.3, 0.4) is 0 Å². The molecule has 0 fully saturated rings. The predicted octanol–water partition coefficient (Wildman–Crippen LogP) is 0.653. The molecule has 0 aliphatic heterocycles. The van der Waals surface area contributed by atoms with Crippen molar-refractivity contribution in [2.24, 2.45) is 7.05 Å². The Morgan fingerprint density at radius 3 is 2.59 bits per heavy atom. The van der Waals surface area contributed by atoms with Crippen molar-refractivity contribution in [1.82, 2.24) is 9.55 Å². The summed E-state index contributed by atoms with van der Waals surface area (Å²) in [7, 11) is 1.42. The van der Waals surface area contributed by atoms with Gasteiger partial charge in [-0.2, -0.15) is 0 Å². The van der Waals surface area contributed by atoms with Crippen LogP contribution in [0.4, 0.5) is 0 Å². The number of nitrogens with zero attached hydrogens (tertiary/aromatic N) is 1. The zero-order valence-corrected chi connectivity index (χ0v) is 9.34. The van der Waals surface area contributed by atoms with Crippen molar-refractivity contribution in [2.45, 2.75) is 6.61 Å². The summed E-state index contributed by atoms with van der Waals surface area (Å²) in [6, 6.07) is 10.5. The van der Waals surface area contributed by atoms with Gasteiger partial charge in [-0.15, -0.1) is 0 Å². The second-order valence-corrected chi connectivity index (χ2v) is 3.60. The van der Waals surface area contributed by atoms with Crippen LogP contribution < -0.4 is 16.0 Å². The highest BCUT2D eigenvalue weighted by Gasteiger charge is 2.01. The maximum absolute atomic E-state index is 11.4. The van der Waals surface area contributed by atoms with Crippen LogP contribution in [-0.2, 0) is 13.7 Å². The smallest absolute Gasteiger partial charge is 0.328 e. The summed E-state index contributed by atoms with van der Waals surface area (Å²) in [6.45, 7) is 0.162. The first-order chi connectivity index (χ1) is 8.16. The molecule has 1 N–H and O–H groups in total. The number of ether oxygens (including phenoxy) is 1. The third kappa shape index (κ3) is 2.63. The van der Waals surface area contributed by atoms with Gasteiger partial charge in [0, 0.05) is 13.1 Å². The van der Waals surface area contributed by atoms with E-state index in [1.807, 2.05) is 18.2 Å². The maximum Gasteiger partial charge on any atom is 0.328 e. The van der Waals surface area contributed by atoms with Crippen LogP contribution in [0.15, 0.2) is 46.0 Å². The molecule has 5 heteroatoms. The van der Waals surface area contributed by atoms with E-state index in [2.05, 4.69) is 4.98 Å². The molecule has 88 valence electrons. The van der Waals surface area contributed by atoms with Gasteiger partial charge in [0.05, 0.1) is 5.69 Å². The Morgan fingerprint density at radius 2 is 1.94 bits per heavy atom. The fourth-order valence-corrected chi connectivity index (χ4v) is 1.36. The molecule has 5 nitrogen and oxygen atoms in total. The number of aromatic amines is 1. The SMILES string of the molecule is Cn1c(=O)cc(COc2ccccc2)[nH]c1=O. The summed E-state index contributed by atoms with van der Waals surface area (Å²) in [6.07, 6.45) is 0. The van der Waals surface area contributed by atoms with Gasteiger partial charge < -0.3 is 9.72 Å². The molecule has 17 heavy (non-hydrogen) atoms. The molecule has 0 saturated heterocycles. The Hall–Kier alpha value is -2.30. The molecule has 1 aromatic carbocycles. The Kier molecular flexibility index (Phi) is 3.09. The first kappa shape index (κ1) is 11.2. The number of hydrogen-bond acceptors (Lipinski definition) is 3. The van der Waals surface area contributed by atoms with Crippen LogP contribution in [0.1, 0.15) is 5.69 Å². The van der Waals surface area contributed by atoms with Crippen molar-refractivity contribution in [3.63, 3.8) is 0 Å². The zero-order chi connectivity index (χ0) is 12.3. The molecule has 0 unspecified atom stereocenters. The highest BCUT2D eigenvalue weighted by atomic mass is 16.5. The van der Waals surface area contributed by atoms with E-state index in [0.29, 0.717) is 11.4 Å². The van der Waals surface area contributed by atoms with E-state index >= 15 is 0 Å². The molecule has 0 amide bonds. The second-order valence-electron chi connectivity index (χ2n) is 3.60. The van der Waals surface area contributed by atoms with Gasteiger partial charge in [-0.1, -0.05) is 18.2 Å². The quantitative estimate of drug-likeness (QED) is 0.845. The molecular formula is C12H12N2O3. The number of H-pyrrole nitrogens is 1. The maximum atomic E-state index is 11.4. The molecule has 0 radical (unpaired) electrons. The largest absolute Gasteiger partial charge is 0.487 e. The van der Waals surface area contributed by atoms with E-state index in [0.717, 1.165) is 4.57 Å². The van der Waals surface area contributed by atoms with E-state index in [4.69, 9.17) is 4.74 Å². The molecule has 2 aromatic rings. The number of aromatic nitrogens is 2. The molecule has 0 spiro atoms. The van der Waals surface area contributed by atoms with Gasteiger partial charge in [0.25, 0.3) is 5.56 Å². The Balaban J connectivity index is 2.16. The van der Waals surface area contributed by atoms with E-state index in [-0.39, 0.29) is 12.2 Å². The molecule has 0 aliphatic rings. The van der Waals surface area contributed by atoms with Crippen molar-refractivity contribution in [1.29, 1.82) is 0 Å². The summed E-state index contributed by atoms with van der Waals surface area (Å²) in [5.74, 6) is 0.689. The molecule has 1 heterocycles. The Bertz CT molecular complexity index is 582. The molecule has 2 rings (SSSR count). The minimum absolute atomic E-state index is 0.162. The van der Waals surface area contributed by atoms with E-state index < -0.39 is 5.69 Å². The van der Waals surface area contributed by atoms with E-state index in [1.165, 1.54) is 13.1 Å². The average Bonchev–Trinajstić information content (AvgIpc) is 2.34. The number of para-hydroxylation sites is 1. The lowest BCUT2D eigenvalue weighted by Crippen LogP contribution is -2.33. The van der Waals surface area contributed by atoms with Crippen LogP contribution in [0, 0.1) is 0 Å². The van der Waals surface area contributed by atoms with Gasteiger partial charge in [0.15, 0.2) is 0 Å². The standard InChI is InChI=1S/C12H12N2O3/c1-14-11(15)7-9(13-12(14)16)8-17-10-5-3-2-4-6-10/h2-7H,8H2,1H3,(H,13,16). The molecule has 0 saturated carbocycles. The first-order valence-corrected chi connectivity index (χ1v) is 5.14. The Labute approximate surface area is 97.3 Å². The van der Waals surface area contributed by atoms with Gasteiger partial charge in [-0.25, -0.2) is 4.79 Å². The number of rotatable bonds is 3. The number of hydrogen-bond donors (Lipinski definition) is 1.